The molecule has 182 valence electrons. The van der Waals surface area contributed by atoms with Crippen LogP contribution in [-0.2, 0) is 14.3 Å². The maximum absolute atomic E-state index is 13.5. The monoisotopic (exact) mass is 444 g/mol. The van der Waals surface area contributed by atoms with E-state index in [0.717, 1.165) is 49.4 Å². The van der Waals surface area contributed by atoms with E-state index in [1.54, 1.807) is 0 Å². The van der Waals surface area contributed by atoms with Crippen LogP contribution in [0.2, 0.25) is 0 Å². The first-order chi connectivity index (χ1) is 15.1. The molecule has 0 amide bonds. The van der Waals surface area contributed by atoms with E-state index in [4.69, 9.17) is 4.74 Å². The van der Waals surface area contributed by atoms with E-state index in [1.165, 1.54) is 51.9 Å². The van der Waals surface area contributed by atoms with Gasteiger partial charge in [0.2, 0.25) is 0 Å². The van der Waals surface area contributed by atoms with Gasteiger partial charge < -0.3 is 4.74 Å². The molecule has 0 radical (unpaired) electrons. The number of fused-ring (bicyclic) bond motifs is 5. The molecule has 4 saturated carbocycles. The van der Waals surface area contributed by atoms with E-state index in [9.17, 15) is 9.59 Å². The predicted molar refractivity (Wildman–Crippen MR) is 129 cm³/mol. The number of ether oxygens (including phenoxy) is 1. The lowest BCUT2D eigenvalue weighted by atomic mass is 9.44. The molecule has 3 heteroatoms. The van der Waals surface area contributed by atoms with Crippen molar-refractivity contribution >= 4 is 11.8 Å². The van der Waals surface area contributed by atoms with Gasteiger partial charge in [0.25, 0.3) is 0 Å². The number of hydrogen-bond donors (Lipinski definition) is 0. The number of Topliss-reactive ketones (excluding diaryl/α,β-unsaturated/α-hetero) is 1. The first-order valence-electron chi connectivity index (χ1n) is 13.8. The Kier molecular flexibility index (Phi) is 6.87. The van der Waals surface area contributed by atoms with Gasteiger partial charge in [0, 0.05) is 19.3 Å². The molecule has 0 aromatic rings. The molecule has 4 aliphatic rings. The molecule has 0 unspecified atom stereocenters. The largest absolute Gasteiger partial charge is 0.463 e. The molecule has 4 aliphatic carbocycles. The van der Waals surface area contributed by atoms with E-state index in [0.29, 0.717) is 23.0 Å². The Morgan fingerprint density at radius 3 is 2.38 bits per heavy atom. The van der Waals surface area contributed by atoms with Crippen LogP contribution in [0.5, 0.6) is 0 Å². The van der Waals surface area contributed by atoms with Crippen molar-refractivity contribution in [2.75, 3.05) is 0 Å². The minimum absolute atomic E-state index is 0.0533. The highest BCUT2D eigenvalue weighted by Gasteiger charge is 2.62. The lowest BCUT2D eigenvalue weighted by Crippen LogP contribution is -2.57. The van der Waals surface area contributed by atoms with Gasteiger partial charge in [0.05, 0.1) is 0 Å². The predicted octanol–water partition coefficient (Wildman–Crippen LogP) is 7.22. The molecule has 4 fully saturated rings. The van der Waals surface area contributed by atoms with Crippen LogP contribution >= 0.6 is 0 Å². The van der Waals surface area contributed by atoms with Crippen LogP contribution in [0.3, 0.4) is 0 Å². The van der Waals surface area contributed by atoms with Gasteiger partial charge in [-0.15, -0.1) is 0 Å². The average Bonchev–Trinajstić information content (AvgIpc) is 3.06. The van der Waals surface area contributed by atoms with Crippen molar-refractivity contribution in [3.05, 3.63) is 0 Å². The summed E-state index contributed by atoms with van der Waals surface area (Å²) in [5, 5.41) is 0. The molecule has 3 nitrogen and oxygen atoms in total. The van der Waals surface area contributed by atoms with E-state index >= 15 is 0 Å². The van der Waals surface area contributed by atoms with Crippen molar-refractivity contribution in [2.45, 2.75) is 118 Å². The summed E-state index contributed by atoms with van der Waals surface area (Å²) in [6.45, 7) is 13.7. The van der Waals surface area contributed by atoms with Gasteiger partial charge in [-0.2, -0.15) is 0 Å². The third-order valence-electron chi connectivity index (χ3n) is 10.9. The topological polar surface area (TPSA) is 43.4 Å². The van der Waals surface area contributed by atoms with Crippen LogP contribution in [0.15, 0.2) is 0 Å². The summed E-state index contributed by atoms with van der Waals surface area (Å²) in [6.07, 6.45) is 12.9. The zero-order valence-electron chi connectivity index (χ0n) is 21.6. The van der Waals surface area contributed by atoms with Crippen molar-refractivity contribution in [3.63, 3.8) is 0 Å². The third kappa shape index (κ3) is 4.20. The summed E-state index contributed by atoms with van der Waals surface area (Å²) in [6, 6.07) is 0. The highest BCUT2D eigenvalue weighted by molar-refractivity contribution is 5.83. The summed E-state index contributed by atoms with van der Waals surface area (Å²) in [5.41, 5.74) is 0.537. The summed E-state index contributed by atoms with van der Waals surface area (Å²) >= 11 is 0. The van der Waals surface area contributed by atoms with E-state index < -0.39 is 0 Å². The summed E-state index contributed by atoms with van der Waals surface area (Å²) in [5.74, 6) is 4.81. The lowest BCUT2D eigenvalue weighted by molar-refractivity contribution is -0.169. The Morgan fingerprint density at radius 1 is 1.00 bits per heavy atom. The van der Waals surface area contributed by atoms with E-state index in [2.05, 4.69) is 34.6 Å². The number of rotatable bonds is 6. The molecule has 0 aromatic carbocycles. The van der Waals surface area contributed by atoms with Crippen LogP contribution < -0.4 is 0 Å². The SMILES string of the molecule is CC(=O)O[C@H]1CC[C@@]2(C)[C@H](C1)C(=O)C[C@H]1[C@H]2CC[C@@]2(C)[C@@H]1CC[C@H]2[C@H](C)CCCC(C)C. The molecule has 32 heavy (non-hydrogen) atoms. The fraction of sp³-hybridized carbons (Fsp3) is 0.931. The zero-order chi connectivity index (χ0) is 23.3. The Balaban J connectivity index is 1.48. The second-order valence-electron chi connectivity index (χ2n) is 13.1. The van der Waals surface area contributed by atoms with Gasteiger partial charge in [0.15, 0.2) is 0 Å². The molecule has 0 heterocycles. The number of carbonyl (C=O) groups excluding carboxylic acids is 2. The number of carbonyl (C=O) groups is 2. The van der Waals surface area contributed by atoms with Crippen molar-refractivity contribution in [3.8, 4) is 0 Å². The quantitative estimate of drug-likeness (QED) is 0.406. The summed E-state index contributed by atoms with van der Waals surface area (Å²) in [4.78, 5) is 25.0. The molecule has 0 N–H and O–H groups in total. The number of ketones is 1. The molecule has 0 bridgehead atoms. The van der Waals surface area contributed by atoms with Crippen LogP contribution in [0.1, 0.15) is 112 Å². The van der Waals surface area contributed by atoms with Crippen LogP contribution in [0, 0.1) is 52.3 Å². The van der Waals surface area contributed by atoms with Crippen molar-refractivity contribution in [1.82, 2.24) is 0 Å². The molecule has 0 aromatic heterocycles. The molecule has 9 atom stereocenters. The van der Waals surface area contributed by atoms with Gasteiger partial charge in [-0.25, -0.2) is 0 Å². The van der Waals surface area contributed by atoms with Crippen molar-refractivity contribution in [2.24, 2.45) is 52.3 Å². The average molecular weight is 445 g/mol. The van der Waals surface area contributed by atoms with Gasteiger partial charge in [0.1, 0.15) is 11.9 Å². The van der Waals surface area contributed by atoms with Crippen molar-refractivity contribution in [1.29, 1.82) is 0 Å². The number of esters is 1. The Labute approximate surface area is 196 Å². The fourth-order valence-corrected chi connectivity index (χ4v) is 9.37. The van der Waals surface area contributed by atoms with Gasteiger partial charge in [-0.05, 0) is 91.3 Å². The van der Waals surface area contributed by atoms with Crippen LogP contribution in [-0.4, -0.2) is 17.9 Å². The maximum atomic E-state index is 13.5. The molecule has 0 spiro atoms. The summed E-state index contributed by atoms with van der Waals surface area (Å²) in [7, 11) is 0. The first kappa shape index (κ1) is 24.3. The normalized spacial score (nSPS) is 44.5. The molecule has 0 aliphatic heterocycles. The minimum atomic E-state index is -0.201. The Hall–Kier alpha value is -0.860. The Bertz CT molecular complexity index is 713. The smallest absolute Gasteiger partial charge is 0.302 e. The van der Waals surface area contributed by atoms with Gasteiger partial charge in [-0.1, -0.05) is 53.9 Å². The Morgan fingerprint density at radius 2 is 1.69 bits per heavy atom. The first-order valence-corrected chi connectivity index (χ1v) is 13.8. The maximum Gasteiger partial charge on any atom is 0.302 e. The molecule has 0 saturated heterocycles. The van der Waals surface area contributed by atoms with Crippen LogP contribution in [0.4, 0.5) is 0 Å². The minimum Gasteiger partial charge on any atom is -0.463 e. The second-order valence-corrected chi connectivity index (χ2v) is 13.1. The van der Waals surface area contributed by atoms with Crippen LogP contribution in [0.25, 0.3) is 0 Å². The highest BCUT2D eigenvalue weighted by atomic mass is 16.5. The second kappa shape index (κ2) is 9.06. The lowest BCUT2D eigenvalue weighted by Gasteiger charge is -2.60. The standard InChI is InChI=1S/C29H48O3/c1-18(2)8-7-9-19(3)23-10-11-24-22-17-27(31)26-16-21(32-20(4)30)12-14-29(26,6)25(22)13-15-28(23,24)5/h18-19,21-26H,7-17H2,1-6H3/t19-,21+,22-,23+,24-,25-,26-,28-,29-/m1/s1. The van der Waals surface area contributed by atoms with E-state index in [1.807, 2.05) is 0 Å². The molecular weight excluding hydrogens is 396 g/mol. The van der Waals surface area contributed by atoms with E-state index in [-0.39, 0.29) is 23.4 Å². The third-order valence-corrected chi connectivity index (χ3v) is 10.9. The van der Waals surface area contributed by atoms with Gasteiger partial charge in [-0.3, -0.25) is 9.59 Å². The van der Waals surface area contributed by atoms with Crippen molar-refractivity contribution < 1.29 is 14.3 Å². The number of hydrogen-bond acceptors (Lipinski definition) is 3. The highest BCUT2D eigenvalue weighted by Crippen LogP contribution is 2.68. The summed E-state index contributed by atoms with van der Waals surface area (Å²) < 4.78 is 5.55. The zero-order valence-corrected chi connectivity index (χ0v) is 21.6. The fourth-order valence-electron chi connectivity index (χ4n) is 9.37. The molecule has 4 rings (SSSR count). The van der Waals surface area contributed by atoms with Gasteiger partial charge >= 0.3 is 5.97 Å². The molecular formula is C29H48O3.